The van der Waals surface area contributed by atoms with Crippen LogP contribution >= 0.6 is 0 Å². The summed E-state index contributed by atoms with van der Waals surface area (Å²) in [6.45, 7) is 5.75. The molecule has 1 fully saturated rings. The molecular weight excluding hydrogens is 238 g/mol. The Hall–Kier alpha value is -0.880. The fraction of sp³-hybridized carbons (Fsp3) is 0.727. The average molecular weight is 257 g/mol. The van der Waals surface area contributed by atoms with Crippen molar-refractivity contribution in [2.75, 3.05) is 0 Å². The topological polar surface area (TPSA) is 66.1 Å². The van der Waals surface area contributed by atoms with Gasteiger partial charge in [-0.25, -0.2) is 8.42 Å². The molecule has 0 saturated carbocycles. The third kappa shape index (κ3) is 1.99. The Labute approximate surface area is 102 Å². The Balaban J connectivity index is 2.42. The maximum atomic E-state index is 12.6. The molecule has 0 aromatic carbocycles. The summed E-state index contributed by atoms with van der Waals surface area (Å²) in [5.41, 5.74) is 0.610. The molecule has 1 N–H and O–H groups in total. The third-order valence-electron chi connectivity index (χ3n) is 3.52. The van der Waals surface area contributed by atoms with Gasteiger partial charge in [0, 0.05) is 12.1 Å². The average Bonchev–Trinajstić information content (AvgIpc) is 2.84. The van der Waals surface area contributed by atoms with E-state index >= 15 is 0 Å². The van der Waals surface area contributed by atoms with E-state index in [9.17, 15) is 8.42 Å². The normalized spacial score (nSPS) is 26.5. The van der Waals surface area contributed by atoms with Gasteiger partial charge >= 0.3 is 0 Å². The minimum atomic E-state index is -3.40. The highest BCUT2D eigenvalue weighted by molar-refractivity contribution is 7.89. The molecule has 1 aliphatic heterocycles. The van der Waals surface area contributed by atoms with Gasteiger partial charge in [-0.15, -0.1) is 0 Å². The molecule has 1 saturated heterocycles. The Morgan fingerprint density at radius 3 is 2.76 bits per heavy atom. The van der Waals surface area contributed by atoms with Crippen LogP contribution in [0.25, 0.3) is 0 Å². The molecule has 5 nitrogen and oxygen atoms in total. The molecule has 0 amide bonds. The lowest BCUT2D eigenvalue weighted by atomic mass is 10.2. The molecular formula is C11H19N3O2S. The molecule has 2 rings (SSSR count). The summed E-state index contributed by atoms with van der Waals surface area (Å²) in [7, 11) is -3.40. The Morgan fingerprint density at radius 2 is 2.24 bits per heavy atom. The van der Waals surface area contributed by atoms with Crippen molar-refractivity contribution in [3.8, 4) is 0 Å². The van der Waals surface area contributed by atoms with Crippen molar-refractivity contribution >= 4 is 10.0 Å². The third-order valence-corrected chi connectivity index (χ3v) is 5.70. The lowest BCUT2D eigenvalue weighted by molar-refractivity contribution is 0.328. The Bertz CT molecular complexity index is 495. The zero-order chi connectivity index (χ0) is 12.6. The first-order valence-electron chi connectivity index (χ1n) is 6.02. The second-order valence-electron chi connectivity index (χ2n) is 4.68. The lowest BCUT2D eigenvalue weighted by Gasteiger charge is -2.26. The molecule has 0 radical (unpaired) electrons. The fourth-order valence-electron chi connectivity index (χ4n) is 2.58. The number of sulfonamides is 1. The van der Waals surface area contributed by atoms with Gasteiger partial charge < -0.3 is 0 Å². The first-order chi connectivity index (χ1) is 7.98. The van der Waals surface area contributed by atoms with E-state index in [2.05, 4.69) is 10.2 Å². The van der Waals surface area contributed by atoms with Crippen LogP contribution in [0.3, 0.4) is 0 Å². The molecule has 1 aliphatic rings. The summed E-state index contributed by atoms with van der Waals surface area (Å²) in [6.07, 6.45) is 4.16. The highest BCUT2D eigenvalue weighted by Gasteiger charge is 2.40. The van der Waals surface area contributed by atoms with Crippen molar-refractivity contribution < 1.29 is 8.42 Å². The number of aromatic amines is 1. The second kappa shape index (κ2) is 4.42. The highest BCUT2D eigenvalue weighted by Crippen LogP contribution is 2.32. The summed E-state index contributed by atoms with van der Waals surface area (Å²) >= 11 is 0. The Morgan fingerprint density at radius 1 is 1.53 bits per heavy atom. The van der Waals surface area contributed by atoms with E-state index in [-0.39, 0.29) is 12.1 Å². The molecule has 6 heteroatoms. The molecule has 2 unspecified atom stereocenters. The lowest BCUT2D eigenvalue weighted by Crippen LogP contribution is -2.39. The maximum absolute atomic E-state index is 12.6. The van der Waals surface area contributed by atoms with Crippen molar-refractivity contribution in [2.45, 2.75) is 57.0 Å². The number of aromatic nitrogens is 2. The van der Waals surface area contributed by atoms with Gasteiger partial charge in [-0.1, -0.05) is 6.92 Å². The van der Waals surface area contributed by atoms with Gasteiger partial charge in [-0.05, 0) is 33.1 Å². The van der Waals surface area contributed by atoms with Crippen LogP contribution in [0.15, 0.2) is 11.1 Å². The number of H-pyrrole nitrogens is 1. The van der Waals surface area contributed by atoms with Gasteiger partial charge in [0.2, 0.25) is 10.0 Å². The number of hydrogen-bond acceptors (Lipinski definition) is 3. The summed E-state index contributed by atoms with van der Waals surface area (Å²) in [4.78, 5) is 0.310. The zero-order valence-electron chi connectivity index (χ0n) is 10.5. The predicted octanol–water partition coefficient (Wildman–Crippen LogP) is 1.67. The van der Waals surface area contributed by atoms with E-state index in [1.165, 1.54) is 6.20 Å². The number of aryl methyl sites for hydroxylation is 1. The van der Waals surface area contributed by atoms with Gasteiger partial charge in [-0.2, -0.15) is 9.40 Å². The minimum absolute atomic E-state index is 0.0826. The fourth-order valence-corrected chi connectivity index (χ4v) is 4.65. The van der Waals surface area contributed by atoms with Gasteiger partial charge in [0.15, 0.2) is 0 Å². The van der Waals surface area contributed by atoms with Crippen LogP contribution in [-0.2, 0) is 10.0 Å². The largest absolute Gasteiger partial charge is 0.281 e. The van der Waals surface area contributed by atoms with Gasteiger partial charge in [0.05, 0.1) is 11.9 Å². The summed E-state index contributed by atoms with van der Waals surface area (Å²) < 4.78 is 26.8. The maximum Gasteiger partial charge on any atom is 0.246 e. The van der Waals surface area contributed by atoms with Crippen LogP contribution in [-0.4, -0.2) is 35.0 Å². The van der Waals surface area contributed by atoms with Gasteiger partial charge in [0.25, 0.3) is 0 Å². The van der Waals surface area contributed by atoms with Crippen LogP contribution in [0.5, 0.6) is 0 Å². The van der Waals surface area contributed by atoms with Crippen LogP contribution in [0.1, 0.15) is 38.8 Å². The van der Waals surface area contributed by atoms with Crippen molar-refractivity contribution in [1.82, 2.24) is 14.5 Å². The number of rotatable bonds is 3. The standard InChI is InChI=1S/C11H19N3O2S/c1-4-10-6-5-8(2)14(10)17(15,16)11-7-12-13-9(11)3/h7-8,10H,4-6H2,1-3H3,(H,12,13). The van der Waals surface area contributed by atoms with E-state index < -0.39 is 10.0 Å². The summed E-state index contributed by atoms with van der Waals surface area (Å²) in [5.74, 6) is 0. The van der Waals surface area contributed by atoms with Crippen LogP contribution in [0.4, 0.5) is 0 Å². The molecule has 0 bridgehead atoms. The summed E-state index contributed by atoms with van der Waals surface area (Å²) in [6, 6.07) is 0.212. The predicted molar refractivity (Wildman–Crippen MR) is 65.1 cm³/mol. The smallest absolute Gasteiger partial charge is 0.246 e. The Kier molecular flexibility index (Phi) is 3.27. The second-order valence-corrected chi connectivity index (χ2v) is 6.49. The first kappa shape index (κ1) is 12.6. The number of hydrogen-bond donors (Lipinski definition) is 1. The van der Waals surface area contributed by atoms with Crippen LogP contribution in [0.2, 0.25) is 0 Å². The molecule has 0 spiro atoms. The monoisotopic (exact) mass is 257 g/mol. The van der Waals surface area contributed by atoms with Crippen LogP contribution in [0, 0.1) is 6.92 Å². The van der Waals surface area contributed by atoms with Crippen molar-refractivity contribution in [3.63, 3.8) is 0 Å². The SMILES string of the molecule is CCC1CCC(C)N1S(=O)(=O)c1cn[nH]c1C. The molecule has 1 aromatic rings. The zero-order valence-corrected chi connectivity index (χ0v) is 11.3. The molecule has 2 heterocycles. The highest BCUT2D eigenvalue weighted by atomic mass is 32.2. The quantitative estimate of drug-likeness (QED) is 0.895. The van der Waals surface area contributed by atoms with Crippen molar-refractivity contribution in [3.05, 3.63) is 11.9 Å². The molecule has 2 atom stereocenters. The van der Waals surface area contributed by atoms with Gasteiger partial charge in [-0.3, -0.25) is 5.10 Å². The van der Waals surface area contributed by atoms with Crippen LogP contribution < -0.4 is 0 Å². The van der Waals surface area contributed by atoms with Gasteiger partial charge in [0.1, 0.15) is 4.90 Å². The van der Waals surface area contributed by atoms with E-state index in [0.717, 1.165) is 19.3 Å². The first-order valence-corrected chi connectivity index (χ1v) is 7.46. The molecule has 17 heavy (non-hydrogen) atoms. The molecule has 1 aromatic heterocycles. The minimum Gasteiger partial charge on any atom is -0.281 e. The summed E-state index contributed by atoms with van der Waals surface area (Å²) in [5, 5.41) is 6.49. The molecule has 0 aliphatic carbocycles. The van der Waals surface area contributed by atoms with Crippen molar-refractivity contribution in [2.24, 2.45) is 0 Å². The van der Waals surface area contributed by atoms with Crippen molar-refractivity contribution in [1.29, 1.82) is 0 Å². The van der Waals surface area contributed by atoms with E-state index in [1.54, 1.807) is 11.2 Å². The molecule has 96 valence electrons. The number of nitrogens with zero attached hydrogens (tertiary/aromatic N) is 2. The van der Waals surface area contributed by atoms with E-state index in [4.69, 9.17) is 0 Å². The number of nitrogens with one attached hydrogen (secondary N) is 1. The van der Waals surface area contributed by atoms with E-state index in [1.807, 2.05) is 13.8 Å². The van der Waals surface area contributed by atoms with E-state index in [0.29, 0.717) is 10.6 Å².